The number of nitrogens with zero attached hydrogens (tertiary/aromatic N) is 4. The Morgan fingerprint density at radius 1 is 1.02 bits per heavy atom. The van der Waals surface area contributed by atoms with Crippen molar-refractivity contribution in [3.8, 4) is 28.4 Å². The van der Waals surface area contributed by atoms with E-state index in [1.807, 2.05) is 12.1 Å². The normalized spacial score (nSPS) is 18.3. The molecule has 1 spiro atoms. The third-order valence-electron chi connectivity index (χ3n) is 9.27. The van der Waals surface area contributed by atoms with E-state index in [-0.39, 0.29) is 29.1 Å². The van der Waals surface area contributed by atoms with Crippen molar-refractivity contribution in [1.29, 1.82) is 0 Å². The fourth-order valence-electron chi connectivity index (χ4n) is 6.83. The highest BCUT2D eigenvalue weighted by Crippen LogP contribution is 2.41. The predicted octanol–water partition coefficient (Wildman–Crippen LogP) is 5.09. The molecule has 2 amide bonds. The SMILES string of the molecule is COc1nc(-c2ccnc(-c3cccc(Nc4nccc(CN5CC6(CNC(=O)C6)C5)c4F)c3Cl)c2Cl)ccc1CNC[C@@H]1CCC(=O)N1. The summed E-state index contributed by atoms with van der Waals surface area (Å²) in [7, 11) is 1.56. The number of benzene rings is 1. The van der Waals surface area contributed by atoms with Crippen LogP contribution in [0, 0.1) is 11.2 Å². The minimum Gasteiger partial charge on any atom is -0.481 e. The van der Waals surface area contributed by atoms with Crippen molar-refractivity contribution in [3.63, 3.8) is 0 Å². The van der Waals surface area contributed by atoms with Crippen LogP contribution in [0.3, 0.4) is 0 Å². The molecule has 0 bridgehead atoms. The molecule has 0 unspecified atom stereocenters. The molecule has 3 fully saturated rings. The molecule has 49 heavy (non-hydrogen) atoms. The number of nitrogens with one attached hydrogen (secondary N) is 4. The Bertz CT molecular complexity index is 1920. The maximum absolute atomic E-state index is 15.7. The van der Waals surface area contributed by atoms with E-state index < -0.39 is 5.82 Å². The molecule has 11 nitrogen and oxygen atoms in total. The van der Waals surface area contributed by atoms with Gasteiger partial charge >= 0.3 is 0 Å². The fraction of sp³-hybridized carbons (Fsp3) is 0.343. The standard InChI is InChI=1S/C35H35Cl2FN8O3/c1-49-34-20(14-39-15-22-6-8-27(47)43-22)5-7-25(45-34)23-10-12-40-32(30(23)37)24-3-2-4-26(29(24)36)44-33-31(38)21(9-11-41-33)16-46-18-35(19-46)13-28(48)42-17-35/h2-5,7,9-12,22,39H,6,8,13-19H2,1H3,(H,41,44)(H,42,48)(H,43,47)/t22-/m0/s1. The van der Waals surface area contributed by atoms with Crippen molar-refractivity contribution in [1.82, 2.24) is 35.8 Å². The molecule has 3 aromatic heterocycles. The molecular weight excluding hydrogens is 670 g/mol. The van der Waals surface area contributed by atoms with Gasteiger partial charge in [-0.25, -0.2) is 14.4 Å². The van der Waals surface area contributed by atoms with Crippen molar-refractivity contribution in [2.45, 2.75) is 38.4 Å². The van der Waals surface area contributed by atoms with Gasteiger partial charge < -0.3 is 26.0 Å². The molecule has 4 N–H and O–H groups in total. The van der Waals surface area contributed by atoms with Crippen LogP contribution >= 0.6 is 23.2 Å². The van der Waals surface area contributed by atoms with E-state index in [0.29, 0.717) is 88.7 Å². The lowest BCUT2D eigenvalue weighted by Crippen LogP contribution is -2.56. The molecule has 0 saturated carbocycles. The van der Waals surface area contributed by atoms with Crippen LogP contribution < -0.4 is 26.0 Å². The molecule has 3 aliphatic heterocycles. The fourth-order valence-corrected chi connectivity index (χ4v) is 7.41. The number of ether oxygens (including phenoxy) is 1. The van der Waals surface area contributed by atoms with Crippen LogP contribution in [0.15, 0.2) is 54.9 Å². The molecule has 0 radical (unpaired) electrons. The Hall–Kier alpha value is -4.36. The predicted molar refractivity (Wildman–Crippen MR) is 185 cm³/mol. The second kappa shape index (κ2) is 13.9. The summed E-state index contributed by atoms with van der Waals surface area (Å²) in [6.45, 7) is 3.73. The smallest absolute Gasteiger partial charge is 0.220 e. The van der Waals surface area contributed by atoms with E-state index in [9.17, 15) is 9.59 Å². The highest BCUT2D eigenvalue weighted by Gasteiger charge is 2.48. The second-order valence-corrected chi connectivity index (χ2v) is 13.6. The zero-order valence-electron chi connectivity index (χ0n) is 26.8. The number of carbonyl (C=O) groups excluding carboxylic acids is 2. The minimum atomic E-state index is -0.465. The summed E-state index contributed by atoms with van der Waals surface area (Å²) in [6.07, 6.45) is 5.09. The number of anilines is 2. The maximum atomic E-state index is 15.7. The lowest BCUT2D eigenvalue weighted by atomic mass is 9.79. The Balaban J connectivity index is 1.07. The monoisotopic (exact) mass is 704 g/mol. The number of hydrogen-bond acceptors (Lipinski definition) is 9. The minimum absolute atomic E-state index is 0.0396. The zero-order chi connectivity index (χ0) is 34.1. The number of aromatic nitrogens is 3. The van der Waals surface area contributed by atoms with Gasteiger partial charge in [-0.15, -0.1) is 0 Å². The van der Waals surface area contributed by atoms with E-state index in [1.165, 1.54) is 0 Å². The van der Waals surface area contributed by atoms with Crippen LogP contribution in [-0.4, -0.2) is 71.0 Å². The molecule has 4 aromatic rings. The molecule has 3 aliphatic rings. The van der Waals surface area contributed by atoms with Gasteiger partial charge in [0.25, 0.3) is 0 Å². The van der Waals surface area contributed by atoms with Gasteiger partial charge in [0.1, 0.15) is 0 Å². The Kier molecular flexibility index (Phi) is 9.38. The van der Waals surface area contributed by atoms with Gasteiger partial charge in [-0.1, -0.05) is 41.4 Å². The second-order valence-electron chi connectivity index (χ2n) is 12.8. The van der Waals surface area contributed by atoms with Gasteiger partial charge in [-0.2, -0.15) is 0 Å². The first kappa shape index (κ1) is 33.2. The van der Waals surface area contributed by atoms with Gasteiger partial charge in [0.05, 0.1) is 34.2 Å². The van der Waals surface area contributed by atoms with E-state index in [2.05, 4.69) is 36.1 Å². The summed E-state index contributed by atoms with van der Waals surface area (Å²) in [5, 5.41) is 12.9. The van der Waals surface area contributed by atoms with Crippen molar-refractivity contribution in [2.24, 2.45) is 5.41 Å². The van der Waals surface area contributed by atoms with Gasteiger partial charge in [0.15, 0.2) is 11.6 Å². The third-order valence-corrected chi connectivity index (χ3v) is 10.1. The third kappa shape index (κ3) is 6.91. The van der Waals surface area contributed by atoms with E-state index in [1.54, 1.807) is 49.8 Å². The number of pyridine rings is 3. The first-order chi connectivity index (χ1) is 23.7. The van der Waals surface area contributed by atoms with Gasteiger partial charge in [-0.05, 0) is 30.7 Å². The van der Waals surface area contributed by atoms with Crippen molar-refractivity contribution < 1.29 is 18.7 Å². The average Bonchev–Trinajstić information content (AvgIpc) is 3.69. The largest absolute Gasteiger partial charge is 0.481 e. The molecule has 7 rings (SSSR count). The summed E-state index contributed by atoms with van der Waals surface area (Å²) in [6, 6.07) is 12.7. The van der Waals surface area contributed by atoms with Crippen molar-refractivity contribution >= 4 is 46.5 Å². The summed E-state index contributed by atoms with van der Waals surface area (Å²) in [5.74, 6) is 0.199. The van der Waals surface area contributed by atoms with Crippen molar-refractivity contribution in [2.75, 3.05) is 38.6 Å². The number of amides is 2. The number of likely N-dealkylation sites (tertiary alicyclic amines) is 1. The number of halogens is 3. The lowest BCUT2D eigenvalue weighted by molar-refractivity contribution is -0.121. The van der Waals surface area contributed by atoms with Crippen molar-refractivity contribution in [3.05, 3.63) is 81.8 Å². The lowest BCUT2D eigenvalue weighted by Gasteiger charge is -2.47. The van der Waals surface area contributed by atoms with Gasteiger partial charge in [0, 0.05) is 98.2 Å². The first-order valence-corrected chi connectivity index (χ1v) is 16.8. The topological polar surface area (TPSA) is 133 Å². The summed E-state index contributed by atoms with van der Waals surface area (Å²) in [5.41, 5.74) is 3.98. The van der Waals surface area contributed by atoms with Crippen LogP contribution in [0.4, 0.5) is 15.9 Å². The van der Waals surface area contributed by atoms with Crippen LogP contribution in [0.1, 0.15) is 30.4 Å². The Labute approximate surface area is 293 Å². The summed E-state index contributed by atoms with van der Waals surface area (Å²) >= 11 is 13.9. The number of rotatable bonds is 11. The summed E-state index contributed by atoms with van der Waals surface area (Å²) in [4.78, 5) is 38.8. The Morgan fingerprint density at radius 2 is 1.86 bits per heavy atom. The molecule has 3 saturated heterocycles. The molecule has 0 aliphatic carbocycles. The maximum Gasteiger partial charge on any atom is 0.220 e. The summed E-state index contributed by atoms with van der Waals surface area (Å²) < 4.78 is 21.3. The van der Waals surface area contributed by atoms with Gasteiger partial charge in [0.2, 0.25) is 17.7 Å². The first-order valence-electron chi connectivity index (χ1n) is 16.1. The Morgan fingerprint density at radius 3 is 2.61 bits per heavy atom. The van der Waals surface area contributed by atoms with E-state index in [0.717, 1.165) is 25.1 Å². The quantitative estimate of drug-likeness (QED) is 0.168. The zero-order valence-corrected chi connectivity index (χ0v) is 28.3. The van der Waals surface area contributed by atoms with Crippen LogP contribution in [0.2, 0.25) is 10.0 Å². The van der Waals surface area contributed by atoms with Crippen LogP contribution in [0.25, 0.3) is 22.5 Å². The number of carbonyl (C=O) groups is 2. The highest BCUT2D eigenvalue weighted by atomic mass is 35.5. The van der Waals surface area contributed by atoms with E-state index in [4.69, 9.17) is 32.9 Å². The van der Waals surface area contributed by atoms with E-state index >= 15 is 4.39 Å². The molecule has 1 aromatic carbocycles. The average molecular weight is 706 g/mol. The van der Waals surface area contributed by atoms with Crippen LogP contribution in [0.5, 0.6) is 5.88 Å². The molecule has 1 atom stereocenters. The highest BCUT2D eigenvalue weighted by molar-refractivity contribution is 6.39. The number of methoxy groups -OCH3 is 1. The number of hydrogen-bond donors (Lipinski definition) is 4. The molecular formula is C35H35Cl2FN8O3. The van der Waals surface area contributed by atoms with Gasteiger partial charge in [-0.3, -0.25) is 19.5 Å². The molecule has 14 heteroatoms. The van der Waals surface area contributed by atoms with Crippen LogP contribution in [-0.2, 0) is 22.7 Å². The molecule has 254 valence electrons. The molecule has 6 heterocycles.